The Morgan fingerprint density at radius 1 is 1.34 bits per heavy atom. The topological polar surface area (TPSA) is 115 Å². The van der Waals surface area contributed by atoms with Crippen LogP contribution in [0, 0.1) is 12.3 Å². The molecule has 9 heteroatoms. The summed E-state index contributed by atoms with van der Waals surface area (Å²) in [6.45, 7) is 0.129. The van der Waals surface area contributed by atoms with E-state index in [4.69, 9.17) is 16.9 Å². The SMILES string of the molecule is C#CCOc1ccc(C(=O)Cc2ccc3c(c2)[C@]2(CCC3)CS(=O)(=O)N(C)C(N)=N2)nc1. The number of ketones is 1. The molecule has 0 radical (unpaired) electrons. The maximum Gasteiger partial charge on any atom is 0.239 e. The number of aryl methyl sites for hydroxylation is 1. The summed E-state index contributed by atoms with van der Waals surface area (Å²) < 4.78 is 31.7. The molecule has 1 atom stereocenters. The Kier molecular flexibility index (Phi) is 5.65. The number of pyridine rings is 1. The van der Waals surface area contributed by atoms with Crippen LogP contribution in [0.3, 0.4) is 0 Å². The van der Waals surface area contributed by atoms with Gasteiger partial charge < -0.3 is 10.5 Å². The molecule has 0 amide bonds. The molecule has 1 aromatic heterocycles. The molecular weight excluding hydrogens is 428 g/mol. The number of sulfonamides is 1. The Balaban J connectivity index is 1.62. The predicted molar refractivity (Wildman–Crippen MR) is 121 cm³/mol. The monoisotopic (exact) mass is 452 g/mol. The molecule has 0 saturated heterocycles. The number of fused-ring (bicyclic) bond motifs is 2. The molecule has 0 bridgehead atoms. The number of rotatable bonds is 5. The van der Waals surface area contributed by atoms with Crippen molar-refractivity contribution in [3.8, 4) is 18.1 Å². The van der Waals surface area contributed by atoms with Crippen LogP contribution in [0.4, 0.5) is 0 Å². The van der Waals surface area contributed by atoms with Crippen LogP contribution in [0.25, 0.3) is 0 Å². The van der Waals surface area contributed by atoms with Crippen molar-refractivity contribution < 1.29 is 17.9 Å². The Bertz CT molecular complexity index is 1230. The van der Waals surface area contributed by atoms with Crippen molar-refractivity contribution in [2.75, 3.05) is 19.4 Å². The second-order valence-electron chi connectivity index (χ2n) is 8.04. The molecule has 2 N–H and O–H groups in total. The second kappa shape index (κ2) is 8.28. The fourth-order valence-electron chi connectivity index (χ4n) is 4.25. The van der Waals surface area contributed by atoms with E-state index < -0.39 is 15.6 Å². The Morgan fingerprint density at radius 2 is 2.16 bits per heavy atom. The summed E-state index contributed by atoms with van der Waals surface area (Å²) in [5.41, 5.74) is 8.01. The number of ether oxygens (including phenoxy) is 1. The molecule has 1 aliphatic heterocycles. The van der Waals surface area contributed by atoms with Crippen LogP contribution in [0.1, 0.15) is 40.0 Å². The standard InChI is InChI=1S/C23H24N4O4S/c1-3-11-31-18-8-9-20(25-14-18)21(28)13-16-6-7-17-5-4-10-23(19(17)12-16)15-32(29,30)27(2)22(24)26-23/h1,6-9,12,14H,4-5,10-11,13,15H2,2H3,(H2,24,26)/t23-/m0/s1. The number of terminal acetylenes is 1. The van der Waals surface area contributed by atoms with E-state index in [1.807, 2.05) is 18.2 Å². The number of benzene rings is 1. The van der Waals surface area contributed by atoms with Gasteiger partial charge in [0, 0.05) is 13.5 Å². The van der Waals surface area contributed by atoms with E-state index in [0.717, 1.165) is 33.8 Å². The summed E-state index contributed by atoms with van der Waals surface area (Å²) in [6.07, 6.45) is 9.01. The van der Waals surface area contributed by atoms with Crippen LogP contribution in [0.15, 0.2) is 41.5 Å². The molecule has 2 aliphatic rings. The average molecular weight is 453 g/mol. The summed E-state index contributed by atoms with van der Waals surface area (Å²) in [5.74, 6) is 2.56. The minimum absolute atomic E-state index is 0.0121. The van der Waals surface area contributed by atoms with Gasteiger partial charge in [0.1, 0.15) is 23.6 Å². The number of nitrogens with two attached hydrogens (primary N) is 1. The first-order chi connectivity index (χ1) is 15.2. The van der Waals surface area contributed by atoms with Crippen LogP contribution in [0.5, 0.6) is 5.75 Å². The molecule has 32 heavy (non-hydrogen) atoms. The number of carbonyl (C=O) groups excluding carboxylic acids is 1. The first-order valence-corrected chi connectivity index (χ1v) is 11.8. The average Bonchev–Trinajstić information content (AvgIpc) is 2.77. The van der Waals surface area contributed by atoms with E-state index in [1.165, 1.54) is 13.2 Å². The minimum atomic E-state index is -3.57. The zero-order valence-electron chi connectivity index (χ0n) is 17.7. The fourth-order valence-corrected chi connectivity index (χ4v) is 5.74. The fraction of sp³-hybridized carbons (Fsp3) is 0.348. The molecule has 2 aromatic rings. The molecule has 1 aromatic carbocycles. The third kappa shape index (κ3) is 4.06. The van der Waals surface area contributed by atoms with Crippen molar-refractivity contribution in [2.45, 2.75) is 31.2 Å². The highest BCUT2D eigenvalue weighted by atomic mass is 32.2. The highest BCUT2D eigenvalue weighted by Crippen LogP contribution is 2.42. The number of guanidine groups is 1. The van der Waals surface area contributed by atoms with Gasteiger partial charge in [-0.05, 0) is 48.1 Å². The van der Waals surface area contributed by atoms with Gasteiger partial charge in [-0.2, -0.15) is 0 Å². The van der Waals surface area contributed by atoms with E-state index >= 15 is 0 Å². The Hall–Kier alpha value is -3.38. The van der Waals surface area contributed by atoms with Crippen LogP contribution >= 0.6 is 0 Å². The van der Waals surface area contributed by atoms with E-state index in [9.17, 15) is 13.2 Å². The maximum atomic E-state index is 12.8. The summed E-state index contributed by atoms with van der Waals surface area (Å²) in [7, 11) is -2.16. The van der Waals surface area contributed by atoms with Gasteiger partial charge >= 0.3 is 0 Å². The summed E-state index contributed by atoms with van der Waals surface area (Å²) in [4.78, 5) is 21.6. The first-order valence-electron chi connectivity index (χ1n) is 10.2. The molecule has 4 rings (SSSR count). The quantitative estimate of drug-likeness (QED) is 0.545. The summed E-state index contributed by atoms with van der Waals surface area (Å²) >= 11 is 0. The van der Waals surface area contributed by atoms with E-state index in [-0.39, 0.29) is 30.5 Å². The largest absolute Gasteiger partial charge is 0.479 e. The molecule has 0 fully saturated rings. The third-order valence-electron chi connectivity index (χ3n) is 5.91. The zero-order valence-corrected chi connectivity index (χ0v) is 18.6. The first kappa shape index (κ1) is 21.8. The van der Waals surface area contributed by atoms with Crippen molar-refractivity contribution in [3.63, 3.8) is 0 Å². The van der Waals surface area contributed by atoms with Gasteiger partial charge in [-0.25, -0.2) is 22.7 Å². The van der Waals surface area contributed by atoms with Crippen molar-refractivity contribution in [1.82, 2.24) is 9.29 Å². The van der Waals surface area contributed by atoms with Crippen molar-refractivity contribution >= 4 is 21.8 Å². The van der Waals surface area contributed by atoms with E-state index in [0.29, 0.717) is 17.9 Å². The highest BCUT2D eigenvalue weighted by Gasteiger charge is 2.45. The maximum absolute atomic E-state index is 12.8. The number of aliphatic imine (C=N–C) groups is 1. The van der Waals surface area contributed by atoms with Gasteiger partial charge in [0.25, 0.3) is 0 Å². The molecule has 2 heterocycles. The molecule has 1 aliphatic carbocycles. The van der Waals surface area contributed by atoms with Gasteiger partial charge in [0.15, 0.2) is 5.78 Å². The van der Waals surface area contributed by atoms with Gasteiger partial charge in [0.05, 0.1) is 11.9 Å². The number of hydrogen-bond acceptors (Lipinski definition) is 7. The van der Waals surface area contributed by atoms with Crippen molar-refractivity contribution in [1.29, 1.82) is 0 Å². The molecule has 166 valence electrons. The normalized spacial score (nSPS) is 21.4. The Morgan fingerprint density at radius 3 is 2.84 bits per heavy atom. The number of Topliss-reactive ketones (excluding diaryl/α,β-unsaturated/α-hetero) is 1. The minimum Gasteiger partial charge on any atom is -0.479 e. The summed E-state index contributed by atoms with van der Waals surface area (Å²) in [5, 5.41) is 0. The Labute approximate surface area is 187 Å². The van der Waals surface area contributed by atoms with Gasteiger partial charge in [-0.15, -0.1) is 6.42 Å². The third-order valence-corrected chi connectivity index (χ3v) is 7.77. The van der Waals surface area contributed by atoms with Crippen molar-refractivity contribution in [2.24, 2.45) is 10.7 Å². The van der Waals surface area contributed by atoms with Gasteiger partial charge in [0.2, 0.25) is 16.0 Å². The van der Waals surface area contributed by atoms with Crippen LogP contribution in [-0.4, -0.2) is 48.9 Å². The van der Waals surface area contributed by atoms with Crippen LogP contribution in [0.2, 0.25) is 0 Å². The molecule has 0 saturated carbocycles. The molecule has 1 spiro atoms. The number of hydrogen-bond donors (Lipinski definition) is 1. The lowest BCUT2D eigenvalue weighted by molar-refractivity contribution is 0.0988. The van der Waals surface area contributed by atoms with E-state index in [2.05, 4.69) is 15.9 Å². The summed E-state index contributed by atoms with van der Waals surface area (Å²) in [6, 6.07) is 9.01. The number of carbonyl (C=O) groups is 1. The van der Waals surface area contributed by atoms with Crippen LogP contribution < -0.4 is 10.5 Å². The zero-order chi connectivity index (χ0) is 22.9. The second-order valence-corrected chi connectivity index (χ2v) is 10.0. The van der Waals surface area contributed by atoms with Gasteiger partial charge in [-0.1, -0.05) is 24.1 Å². The predicted octanol–water partition coefficient (Wildman–Crippen LogP) is 1.64. The lowest BCUT2D eigenvalue weighted by atomic mass is 9.77. The molecule has 8 nitrogen and oxygen atoms in total. The lowest BCUT2D eigenvalue weighted by Crippen LogP contribution is -2.52. The van der Waals surface area contributed by atoms with Crippen molar-refractivity contribution in [3.05, 3.63) is 58.9 Å². The lowest BCUT2D eigenvalue weighted by Gasteiger charge is -2.40. The number of aromatic nitrogens is 1. The van der Waals surface area contributed by atoms with Gasteiger partial charge in [-0.3, -0.25) is 4.79 Å². The van der Waals surface area contributed by atoms with E-state index in [1.54, 1.807) is 12.1 Å². The molecular formula is C23H24N4O4S. The molecule has 0 unspecified atom stereocenters. The van der Waals surface area contributed by atoms with Crippen LogP contribution in [-0.2, 0) is 28.4 Å². The number of nitrogens with zero attached hydrogens (tertiary/aromatic N) is 3. The highest BCUT2D eigenvalue weighted by molar-refractivity contribution is 7.89. The smallest absolute Gasteiger partial charge is 0.239 e.